The molecule has 2 aromatic rings. The number of nitrogens with one attached hydrogen (secondary N) is 2. The fraction of sp³-hybridized carbons (Fsp3) is 0.450. The first-order valence-corrected chi connectivity index (χ1v) is 10.1. The number of hydrogen-bond donors (Lipinski definition) is 2. The molecule has 0 saturated carbocycles. The normalized spacial score (nSPS) is 19.6. The summed E-state index contributed by atoms with van der Waals surface area (Å²) in [5, 5.41) is 7.46. The molecule has 5 nitrogen and oxygen atoms in total. The second kappa shape index (κ2) is 8.85. The van der Waals surface area contributed by atoms with Crippen LogP contribution in [0.15, 0.2) is 30.3 Å². The maximum Gasteiger partial charge on any atom is 0.231 e. The molecule has 1 saturated heterocycles. The smallest absolute Gasteiger partial charge is 0.231 e. The number of hydrogen-bond acceptors (Lipinski definition) is 4. The van der Waals surface area contributed by atoms with Gasteiger partial charge in [0.15, 0.2) is 5.11 Å². The number of piperidine rings is 1. The number of rotatable bonds is 4. The van der Waals surface area contributed by atoms with Crippen LogP contribution >= 0.6 is 23.8 Å². The van der Waals surface area contributed by atoms with Gasteiger partial charge in [-0.15, -0.1) is 0 Å². The van der Waals surface area contributed by atoms with Crippen molar-refractivity contribution in [2.24, 2.45) is 11.8 Å². The molecule has 0 aliphatic carbocycles. The van der Waals surface area contributed by atoms with Crippen LogP contribution in [0.4, 0.5) is 11.8 Å². The monoisotopic (exact) mass is 403 g/mol. The van der Waals surface area contributed by atoms with Crippen molar-refractivity contribution in [1.82, 2.24) is 15.3 Å². The van der Waals surface area contributed by atoms with E-state index in [1.807, 2.05) is 37.3 Å². The number of benzene rings is 1. The predicted octanol–water partition coefficient (Wildman–Crippen LogP) is 4.41. The minimum absolute atomic E-state index is 0.479. The van der Waals surface area contributed by atoms with E-state index in [-0.39, 0.29) is 0 Å². The van der Waals surface area contributed by atoms with Gasteiger partial charge in [-0.1, -0.05) is 43.6 Å². The summed E-state index contributed by atoms with van der Waals surface area (Å²) >= 11 is 11.6. The Morgan fingerprint density at radius 2 is 1.93 bits per heavy atom. The molecule has 1 fully saturated rings. The molecule has 27 heavy (non-hydrogen) atoms. The molecule has 0 unspecified atom stereocenters. The SMILES string of the molecule is Cc1cc(N2C[C@@H](C)C[C@H](C)C2)nc(NC(=S)NCc2ccccc2Cl)n1. The van der Waals surface area contributed by atoms with Gasteiger partial charge in [-0.05, 0) is 49.0 Å². The van der Waals surface area contributed by atoms with Gasteiger partial charge in [-0.2, -0.15) is 4.98 Å². The van der Waals surface area contributed by atoms with Crippen molar-refractivity contribution in [1.29, 1.82) is 0 Å². The molecule has 2 atom stereocenters. The summed E-state index contributed by atoms with van der Waals surface area (Å²) in [6, 6.07) is 9.74. The van der Waals surface area contributed by atoms with Gasteiger partial charge in [0, 0.05) is 36.4 Å². The van der Waals surface area contributed by atoms with Gasteiger partial charge in [-0.3, -0.25) is 0 Å². The molecule has 0 radical (unpaired) electrons. The first-order chi connectivity index (χ1) is 12.9. The Kier molecular flexibility index (Phi) is 6.50. The Hall–Kier alpha value is -1.92. The van der Waals surface area contributed by atoms with Crippen molar-refractivity contribution in [3.63, 3.8) is 0 Å². The lowest BCUT2D eigenvalue weighted by atomic mass is 9.92. The summed E-state index contributed by atoms with van der Waals surface area (Å²) in [4.78, 5) is 11.5. The Morgan fingerprint density at radius 3 is 2.63 bits per heavy atom. The minimum atomic E-state index is 0.479. The molecule has 2 heterocycles. The Bertz CT molecular complexity index is 803. The van der Waals surface area contributed by atoms with Gasteiger partial charge in [-0.25, -0.2) is 4.98 Å². The average Bonchev–Trinajstić information content (AvgIpc) is 2.59. The highest BCUT2D eigenvalue weighted by Crippen LogP contribution is 2.26. The Morgan fingerprint density at radius 1 is 1.22 bits per heavy atom. The molecule has 2 N–H and O–H groups in total. The lowest BCUT2D eigenvalue weighted by Crippen LogP contribution is -2.39. The van der Waals surface area contributed by atoms with Crippen LogP contribution in [-0.2, 0) is 6.54 Å². The standard InChI is InChI=1S/C20H26ClN5S/c1-13-8-14(2)12-26(11-13)18-9-15(3)23-19(24-18)25-20(27)22-10-16-6-4-5-7-17(16)21/h4-7,9,13-14H,8,10-12H2,1-3H3,(H2,22,23,24,25,27)/t13-,14-/m0/s1. The number of thiocarbonyl (C=S) groups is 1. The molecule has 0 amide bonds. The number of aromatic nitrogens is 2. The van der Waals surface area contributed by atoms with E-state index in [0.717, 1.165) is 35.2 Å². The number of halogens is 1. The van der Waals surface area contributed by atoms with Crippen LogP contribution in [0.1, 0.15) is 31.5 Å². The van der Waals surface area contributed by atoms with E-state index < -0.39 is 0 Å². The van der Waals surface area contributed by atoms with Crippen molar-refractivity contribution in [2.45, 2.75) is 33.7 Å². The molecule has 0 bridgehead atoms. The maximum atomic E-state index is 6.19. The summed E-state index contributed by atoms with van der Waals surface area (Å²) in [5.41, 5.74) is 1.91. The van der Waals surface area contributed by atoms with Gasteiger partial charge in [0.2, 0.25) is 5.95 Å². The first kappa shape index (κ1) is 19.8. The quantitative estimate of drug-likeness (QED) is 0.737. The third kappa shape index (κ3) is 5.53. The highest BCUT2D eigenvalue weighted by molar-refractivity contribution is 7.80. The van der Waals surface area contributed by atoms with Crippen LogP contribution in [-0.4, -0.2) is 28.2 Å². The van der Waals surface area contributed by atoms with E-state index in [0.29, 0.717) is 29.4 Å². The third-order valence-electron chi connectivity index (χ3n) is 4.66. The zero-order valence-corrected chi connectivity index (χ0v) is 17.6. The minimum Gasteiger partial charge on any atom is -0.358 e. The van der Waals surface area contributed by atoms with E-state index in [9.17, 15) is 0 Å². The molecule has 1 aromatic carbocycles. The summed E-state index contributed by atoms with van der Waals surface area (Å²) < 4.78 is 0. The summed E-state index contributed by atoms with van der Waals surface area (Å²) in [5.74, 6) is 2.81. The van der Waals surface area contributed by atoms with E-state index in [1.54, 1.807) is 0 Å². The molecule has 3 rings (SSSR count). The predicted molar refractivity (Wildman–Crippen MR) is 116 cm³/mol. The fourth-order valence-corrected chi connectivity index (χ4v) is 3.95. The molecule has 144 valence electrons. The molecule has 7 heteroatoms. The van der Waals surface area contributed by atoms with Crippen LogP contribution < -0.4 is 15.5 Å². The van der Waals surface area contributed by atoms with Crippen LogP contribution in [0.2, 0.25) is 5.02 Å². The lowest BCUT2D eigenvalue weighted by molar-refractivity contribution is 0.355. The van der Waals surface area contributed by atoms with E-state index in [2.05, 4.69) is 39.3 Å². The maximum absolute atomic E-state index is 6.19. The van der Waals surface area contributed by atoms with Gasteiger partial charge >= 0.3 is 0 Å². The zero-order valence-electron chi connectivity index (χ0n) is 16.0. The molecular formula is C20H26ClN5S. The van der Waals surface area contributed by atoms with Crippen LogP contribution in [0, 0.1) is 18.8 Å². The Labute approximate surface area is 171 Å². The van der Waals surface area contributed by atoms with Gasteiger partial charge in [0.1, 0.15) is 5.82 Å². The highest BCUT2D eigenvalue weighted by atomic mass is 35.5. The molecule has 1 aliphatic rings. The largest absolute Gasteiger partial charge is 0.358 e. The molecule has 1 aliphatic heterocycles. The van der Waals surface area contributed by atoms with Crippen LogP contribution in [0.5, 0.6) is 0 Å². The van der Waals surface area contributed by atoms with Gasteiger partial charge in [0.25, 0.3) is 0 Å². The summed E-state index contributed by atoms with van der Waals surface area (Å²) in [6.07, 6.45) is 1.27. The third-order valence-corrected chi connectivity index (χ3v) is 5.27. The fourth-order valence-electron chi connectivity index (χ4n) is 3.58. The molecule has 1 aromatic heterocycles. The number of nitrogens with zero attached hydrogens (tertiary/aromatic N) is 3. The Balaban J connectivity index is 1.65. The first-order valence-electron chi connectivity index (χ1n) is 9.29. The van der Waals surface area contributed by atoms with Crippen molar-refractivity contribution >= 4 is 40.7 Å². The number of aryl methyl sites for hydroxylation is 1. The molecular weight excluding hydrogens is 378 g/mol. The zero-order chi connectivity index (χ0) is 19.4. The highest BCUT2D eigenvalue weighted by Gasteiger charge is 2.23. The van der Waals surface area contributed by atoms with E-state index in [4.69, 9.17) is 23.8 Å². The second-order valence-electron chi connectivity index (χ2n) is 7.44. The van der Waals surface area contributed by atoms with Crippen LogP contribution in [0.25, 0.3) is 0 Å². The molecule has 0 spiro atoms. The van der Waals surface area contributed by atoms with Crippen molar-refractivity contribution < 1.29 is 0 Å². The van der Waals surface area contributed by atoms with E-state index in [1.165, 1.54) is 6.42 Å². The van der Waals surface area contributed by atoms with Crippen molar-refractivity contribution in [3.8, 4) is 0 Å². The number of anilines is 2. The van der Waals surface area contributed by atoms with Crippen LogP contribution in [0.3, 0.4) is 0 Å². The van der Waals surface area contributed by atoms with Crippen molar-refractivity contribution in [2.75, 3.05) is 23.3 Å². The summed E-state index contributed by atoms with van der Waals surface area (Å²) in [7, 11) is 0. The van der Waals surface area contributed by atoms with Gasteiger partial charge in [0.05, 0.1) is 0 Å². The second-order valence-corrected chi connectivity index (χ2v) is 8.26. The van der Waals surface area contributed by atoms with Gasteiger partial charge < -0.3 is 15.5 Å². The summed E-state index contributed by atoms with van der Waals surface area (Å²) in [6.45, 7) is 9.16. The van der Waals surface area contributed by atoms with E-state index >= 15 is 0 Å². The topological polar surface area (TPSA) is 53.1 Å². The average molecular weight is 404 g/mol. The van der Waals surface area contributed by atoms with Crippen molar-refractivity contribution in [3.05, 3.63) is 46.6 Å². The lowest BCUT2D eigenvalue weighted by Gasteiger charge is -2.36.